The number of benzene rings is 3. The van der Waals surface area contributed by atoms with Gasteiger partial charge in [-0.15, -0.1) is 23.2 Å². The second kappa shape index (κ2) is 6.83. The lowest BCUT2D eigenvalue weighted by Gasteiger charge is -2.54. The summed E-state index contributed by atoms with van der Waals surface area (Å²) in [7, 11) is 0. The van der Waals surface area contributed by atoms with E-state index in [1.807, 2.05) is 48.5 Å². The molecule has 0 spiro atoms. The zero-order valence-corrected chi connectivity index (χ0v) is 19.2. The largest absolute Gasteiger partial charge is 0.272 e. The third-order valence-corrected chi connectivity index (χ3v) is 8.44. The van der Waals surface area contributed by atoms with Gasteiger partial charge in [0.25, 0.3) is 17.7 Å². The molecule has 164 valence electrons. The van der Waals surface area contributed by atoms with E-state index in [1.54, 1.807) is 12.1 Å². The lowest BCUT2D eigenvalue weighted by atomic mass is 9.54. The van der Waals surface area contributed by atoms with Gasteiger partial charge in [-0.25, -0.2) is 0 Å². The lowest BCUT2D eigenvalue weighted by molar-refractivity contribution is -0.142. The Balaban J connectivity index is 1.49. The van der Waals surface area contributed by atoms with Gasteiger partial charge in [-0.05, 0) is 46.5 Å². The number of amides is 3. The number of imide groups is 1. The predicted molar refractivity (Wildman–Crippen MR) is 124 cm³/mol. The van der Waals surface area contributed by atoms with E-state index in [1.165, 1.54) is 12.1 Å². The Hall–Kier alpha value is -2.86. The SMILES string of the molecule is O=C(NN1C(=O)[C@H]2[C@H](C1=O)C1(Cl)c3ccccc3C2(Cl)c2ccccc21)c1ccc(Cl)cc1. The molecule has 3 aromatic carbocycles. The minimum Gasteiger partial charge on any atom is -0.272 e. The molecule has 4 aliphatic rings. The molecule has 0 aromatic heterocycles. The molecule has 1 saturated heterocycles. The third kappa shape index (κ3) is 2.47. The quantitative estimate of drug-likeness (QED) is 0.416. The van der Waals surface area contributed by atoms with Gasteiger partial charge in [-0.3, -0.25) is 19.8 Å². The Morgan fingerprint density at radius 3 is 1.52 bits per heavy atom. The number of nitrogens with one attached hydrogen (secondary N) is 1. The van der Waals surface area contributed by atoms with Gasteiger partial charge < -0.3 is 0 Å². The molecule has 1 fully saturated rings. The minimum atomic E-state index is -1.29. The van der Waals surface area contributed by atoms with Crippen LogP contribution >= 0.6 is 34.8 Å². The van der Waals surface area contributed by atoms with Crippen LogP contribution in [0.2, 0.25) is 5.02 Å². The summed E-state index contributed by atoms with van der Waals surface area (Å²) in [6.45, 7) is 0. The first-order valence-corrected chi connectivity index (χ1v) is 11.4. The highest BCUT2D eigenvalue weighted by Gasteiger charge is 2.73. The number of rotatable bonds is 2. The molecule has 1 aliphatic heterocycles. The average molecular weight is 498 g/mol. The Bertz CT molecular complexity index is 1250. The van der Waals surface area contributed by atoms with Gasteiger partial charge in [0.05, 0.1) is 11.8 Å². The zero-order valence-electron chi connectivity index (χ0n) is 16.9. The molecule has 5 nitrogen and oxygen atoms in total. The molecule has 7 rings (SSSR count). The molecule has 3 amide bonds. The Morgan fingerprint density at radius 2 is 1.12 bits per heavy atom. The highest BCUT2D eigenvalue weighted by Crippen LogP contribution is 2.69. The van der Waals surface area contributed by atoms with Crippen molar-refractivity contribution in [3.8, 4) is 0 Å². The van der Waals surface area contributed by atoms with E-state index in [0.29, 0.717) is 27.3 Å². The van der Waals surface area contributed by atoms with Crippen LogP contribution in [0.4, 0.5) is 0 Å². The topological polar surface area (TPSA) is 66.5 Å². The molecule has 1 N–H and O–H groups in total. The summed E-state index contributed by atoms with van der Waals surface area (Å²) in [5, 5.41) is 1.24. The summed E-state index contributed by atoms with van der Waals surface area (Å²) >= 11 is 20.6. The van der Waals surface area contributed by atoms with Crippen molar-refractivity contribution in [2.75, 3.05) is 0 Å². The predicted octanol–water partition coefficient (Wildman–Crippen LogP) is 4.58. The van der Waals surface area contributed by atoms with Gasteiger partial charge in [0.2, 0.25) is 0 Å². The highest BCUT2D eigenvalue weighted by molar-refractivity contribution is 6.36. The van der Waals surface area contributed by atoms with Gasteiger partial charge in [0, 0.05) is 10.6 Å². The molecular weight excluding hydrogens is 483 g/mol. The van der Waals surface area contributed by atoms with E-state index in [-0.39, 0.29) is 5.56 Å². The molecule has 3 aromatic rings. The fourth-order valence-electron chi connectivity index (χ4n) is 5.54. The van der Waals surface area contributed by atoms with Crippen LogP contribution in [0.15, 0.2) is 72.8 Å². The molecule has 0 saturated carbocycles. The third-order valence-electron chi connectivity index (χ3n) is 6.91. The maximum Gasteiger partial charge on any atom is 0.270 e. The fraction of sp³-hybridized carbons (Fsp3) is 0.160. The number of nitrogens with zero attached hydrogens (tertiary/aromatic N) is 1. The Morgan fingerprint density at radius 1 is 0.727 bits per heavy atom. The van der Waals surface area contributed by atoms with Crippen molar-refractivity contribution < 1.29 is 14.4 Å². The number of hydrazine groups is 1. The van der Waals surface area contributed by atoms with Crippen molar-refractivity contribution in [3.05, 3.63) is 106 Å². The van der Waals surface area contributed by atoms with E-state index in [0.717, 1.165) is 5.01 Å². The van der Waals surface area contributed by atoms with Crippen LogP contribution in [0.3, 0.4) is 0 Å². The van der Waals surface area contributed by atoms with Crippen molar-refractivity contribution >= 4 is 52.5 Å². The van der Waals surface area contributed by atoms with Crippen molar-refractivity contribution in [3.63, 3.8) is 0 Å². The summed E-state index contributed by atoms with van der Waals surface area (Å²) in [6, 6.07) is 20.9. The number of halogens is 3. The van der Waals surface area contributed by atoms with Crippen molar-refractivity contribution in [1.82, 2.24) is 10.4 Å². The molecule has 2 atom stereocenters. The number of carbonyl (C=O) groups is 3. The van der Waals surface area contributed by atoms with E-state index < -0.39 is 39.3 Å². The summed E-state index contributed by atoms with van der Waals surface area (Å²) in [6.07, 6.45) is 0. The number of carbonyl (C=O) groups excluding carboxylic acids is 3. The first-order valence-electron chi connectivity index (χ1n) is 10.3. The molecule has 3 aliphatic carbocycles. The van der Waals surface area contributed by atoms with Crippen LogP contribution in [0.25, 0.3) is 0 Å². The van der Waals surface area contributed by atoms with Crippen molar-refractivity contribution in [2.24, 2.45) is 11.8 Å². The summed E-state index contributed by atoms with van der Waals surface area (Å²) in [5.74, 6) is -3.73. The van der Waals surface area contributed by atoms with E-state index in [2.05, 4.69) is 5.43 Å². The van der Waals surface area contributed by atoms with Gasteiger partial charge in [-0.2, -0.15) is 5.01 Å². The number of hydrogen-bond acceptors (Lipinski definition) is 3. The van der Waals surface area contributed by atoms with Gasteiger partial charge in [0.1, 0.15) is 9.75 Å². The second-order valence-corrected chi connectivity index (χ2v) is 10.1. The standard InChI is InChI=1S/C25H15Cl3N2O3/c26-14-11-9-13(10-12-14)21(31)29-30-22(32)19-20(23(30)33)25(28)16-6-2-1-5-15(16)24(19,27)17-7-3-4-8-18(17)25/h1-12,19-20H,(H,29,31)/t19-,20-,24?,25?/m1/s1. The lowest BCUT2D eigenvalue weighted by Crippen LogP contribution is -2.57. The van der Waals surface area contributed by atoms with Crippen LogP contribution in [-0.2, 0) is 19.3 Å². The van der Waals surface area contributed by atoms with Crippen molar-refractivity contribution in [2.45, 2.75) is 9.75 Å². The smallest absolute Gasteiger partial charge is 0.270 e. The minimum absolute atomic E-state index is 0.255. The summed E-state index contributed by atoms with van der Waals surface area (Å²) in [5.41, 5.74) is 5.53. The zero-order chi connectivity index (χ0) is 23.1. The number of alkyl halides is 2. The van der Waals surface area contributed by atoms with Crippen molar-refractivity contribution in [1.29, 1.82) is 0 Å². The van der Waals surface area contributed by atoms with Crippen LogP contribution < -0.4 is 5.43 Å². The normalized spacial score (nSPS) is 28.9. The Labute approximate surface area is 204 Å². The first-order chi connectivity index (χ1) is 15.8. The molecule has 8 heteroatoms. The van der Waals surface area contributed by atoms with Crippen LogP contribution in [0, 0.1) is 11.8 Å². The van der Waals surface area contributed by atoms with Gasteiger partial charge in [0.15, 0.2) is 0 Å². The molecule has 2 bridgehead atoms. The monoisotopic (exact) mass is 496 g/mol. The number of hydrogen-bond donors (Lipinski definition) is 1. The highest BCUT2D eigenvalue weighted by atomic mass is 35.5. The van der Waals surface area contributed by atoms with E-state index >= 15 is 0 Å². The molecule has 0 radical (unpaired) electrons. The van der Waals surface area contributed by atoms with E-state index in [4.69, 9.17) is 34.8 Å². The molecule has 0 unspecified atom stereocenters. The van der Waals surface area contributed by atoms with Crippen LogP contribution in [-0.4, -0.2) is 22.7 Å². The first kappa shape index (κ1) is 20.7. The van der Waals surface area contributed by atoms with Crippen LogP contribution in [0.5, 0.6) is 0 Å². The maximum absolute atomic E-state index is 13.7. The van der Waals surface area contributed by atoms with Gasteiger partial charge in [-0.1, -0.05) is 60.1 Å². The summed E-state index contributed by atoms with van der Waals surface area (Å²) < 4.78 is 0. The van der Waals surface area contributed by atoms with Gasteiger partial charge >= 0.3 is 0 Å². The molecular formula is C25H15Cl3N2O3. The second-order valence-electron chi connectivity index (χ2n) is 8.43. The van der Waals surface area contributed by atoms with Crippen LogP contribution in [0.1, 0.15) is 32.6 Å². The maximum atomic E-state index is 13.7. The molecule has 33 heavy (non-hydrogen) atoms. The molecule has 1 heterocycles. The Kier molecular flexibility index (Phi) is 4.29. The van der Waals surface area contributed by atoms with E-state index in [9.17, 15) is 14.4 Å². The fourth-order valence-corrected chi connectivity index (χ4v) is 6.77. The average Bonchev–Trinajstić information content (AvgIpc) is 3.09. The summed E-state index contributed by atoms with van der Waals surface area (Å²) in [4.78, 5) is 37.5.